The Kier molecular flexibility index (Phi) is 5.09. The molecule has 0 aliphatic heterocycles. The molecule has 4 nitrogen and oxygen atoms in total. The predicted molar refractivity (Wildman–Crippen MR) is 86.1 cm³/mol. The minimum Gasteiger partial charge on any atom is -0.496 e. The number of hydrogen-bond acceptors (Lipinski definition) is 3. The van der Waals surface area contributed by atoms with E-state index in [-0.39, 0.29) is 0 Å². The number of benzene rings is 2. The van der Waals surface area contributed by atoms with Gasteiger partial charge in [-0.1, -0.05) is 33.6 Å². The minimum absolute atomic E-state index is 0.339. The third-order valence-corrected chi connectivity index (χ3v) is 3.78. The van der Waals surface area contributed by atoms with E-state index in [1.807, 2.05) is 12.1 Å². The van der Waals surface area contributed by atoms with Crippen LogP contribution in [0.3, 0.4) is 0 Å². The van der Waals surface area contributed by atoms with E-state index in [9.17, 15) is 9.90 Å². The Balaban J connectivity index is 2.40. The van der Waals surface area contributed by atoms with Crippen LogP contribution in [-0.4, -0.2) is 18.2 Å². The van der Waals surface area contributed by atoms with Crippen molar-refractivity contribution in [2.75, 3.05) is 12.4 Å². The first-order valence-corrected chi connectivity index (χ1v) is 7.27. The molecule has 0 aliphatic carbocycles. The van der Waals surface area contributed by atoms with Gasteiger partial charge in [-0.25, -0.2) is 4.79 Å². The van der Waals surface area contributed by atoms with E-state index in [4.69, 9.17) is 16.3 Å². The van der Waals surface area contributed by atoms with Gasteiger partial charge in [0.25, 0.3) is 0 Å². The fraction of sp³-hybridized carbons (Fsp3) is 0.133. The first kappa shape index (κ1) is 15.7. The quantitative estimate of drug-likeness (QED) is 0.821. The molecule has 0 amide bonds. The van der Waals surface area contributed by atoms with Crippen LogP contribution < -0.4 is 10.1 Å². The maximum atomic E-state index is 11.6. The predicted octanol–water partition coefficient (Wildman–Crippen LogP) is 4.35. The molecule has 1 unspecified atom stereocenters. The lowest BCUT2D eigenvalue weighted by molar-refractivity contribution is -0.138. The molecule has 0 heterocycles. The van der Waals surface area contributed by atoms with Gasteiger partial charge >= 0.3 is 5.97 Å². The summed E-state index contributed by atoms with van der Waals surface area (Å²) in [5.41, 5.74) is 1.07. The van der Waals surface area contributed by atoms with Crippen LogP contribution in [0, 0.1) is 0 Å². The van der Waals surface area contributed by atoms with Gasteiger partial charge in [-0.15, -0.1) is 0 Å². The number of aliphatic carboxylic acids is 1. The fourth-order valence-corrected chi connectivity index (χ4v) is 2.48. The molecular weight excluding hydrogens is 358 g/mol. The van der Waals surface area contributed by atoms with E-state index in [2.05, 4.69) is 21.2 Å². The van der Waals surface area contributed by atoms with Gasteiger partial charge in [0, 0.05) is 15.7 Å². The van der Waals surface area contributed by atoms with Gasteiger partial charge in [-0.2, -0.15) is 0 Å². The summed E-state index contributed by atoms with van der Waals surface area (Å²) in [7, 11) is 1.48. The van der Waals surface area contributed by atoms with Crippen molar-refractivity contribution in [3.8, 4) is 5.75 Å². The highest BCUT2D eigenvalue weighted by molar-refractivity contribution is 9.10. The Bertz CT molecular complexity index is 646. The van der Waals surface area contributed by atoms with Crippen LogP contribution in [0.4, 0.5) is 5.69 Å². The molecule has 0 fully saturated rings. The summed E-state index contributed by atoms with van der Waals surface area (Å²) >= 11 is 9.48. The normalized spacial score (nSPS) is 11.8. The van der Waals surface area contributed by atoms with Crippen LogP contribution in [0.25, 0.3) is 0 Å². The number of hydrogen-bond donors (Lipinski definition) is 2. The van der Waals surface area contributed by atoms with Gasteiger partial charge in [0.05, 0.1) is 12.1 Å². The lowest BCUT2D eigenvalue weighted by atomic mass is 10.0. The third kappa shape index (κ3) is 3.68. The molecule has 0 aromatic heterocycles. The molecule has 2 rings (SSSR count). The van der Waals surface area contributed by atoms with E-state index < -0.39 is 12.0 Å². The molecule has 21 heavy (non-hydrogen) atoms. The number of anilines is 1. The molecule has 1 atom stereocenters. The molecule has 2 N–H and O–H groups in total. The van der Waals surface area contributed by atoms with Gasteiger partial charge in [-0.3, -0.25) is 0 Å². The van der Waals surface area contributed by atoms with Crippen LogP contribution in [0.5, 0.6) is 5.75 Å². The Morgan fingerprint density at radius 1 is 1.29 bits per heavy atom. The minimum atomic E-state index is -1.04. The highest BCUT2D eigenvalue weighted by Gasteiger charge is 2.26. The van der Waals surface area contributed by atoms with Crippen molar-refractivity contribution in [2.45, 2.75) is 6.04 Å². The summed E-state index contributed by atoms with van der Waals surface area (Å²) in [6.07, 6.45) is 0. The maximum Gasteiger partial charge on any atom is 0.331 e. The van der Waals surface area contributed by atoms with E-state index in [0.717, 1.165) is 4.47 Å². The molecule has 0 saturated heterocycles. The van der Waals surface area contributed by atoms with Gasteiger partial charge < -0.3 is 15.2 Å². The molecule has 2 aromatic rings. The molecule has 110 valence electrons. The molecule has 0 radical (unpaired) electrons. The number of halogens is 2. The van der Waals surface area contributed by atoms with Crippen LogP contribution >= 0.6 is 27.5 Å². The van der Waals surface area contributed by atoms with E-state index in [1.165, 1.54) is 7.11 Å². The second-order valence-corrected chi connectivity index (χ2v) is 5.60. The molecule has 0 bridgehead atoms. The molecule has 0 spiro atoms. The highest BCUT2D eigenvalue weighted by Crippen LogP contribution is 2.34. The van der Waals surface area contributed by atoms with Gasteiger partial charge in [0.15, 0.2) is 6.04 Å². The topological polar surface area (TPSA) is 58.6 Å². The van der Waals surface area contributed by atoms with E-state index in [1.54, 1.807) is 30.3 Å². The first-order chi connectivity index (χ1) is 10.0. The average Bonchev–Trinajstić information content (AvgIpc) is 2.46. The first-order valence-electron chi connectivity index (χ1n) is 6.10. The molecule has 0 saturated carbocycles. The number of carbonyl (C=O) groups is 1. The molecule has 0 aliphatic rings. The summed E-state index contributed by atoms with van der Waals surface area (Å²) in [6.45, 7) is 0. The van der Waals surface area contributed by atoms with Crippen molar-refractivity contribution in [3.05, 3.63) is 57.5 Å². The Morgan fingerprint density at radius 3 is 2.52 bits per heavy atom. The van der Waals surface area contributed by atoms with Crippen molar-refractivity contribution in [3.63, 3.8) is 0 Å². The van der Waals surface area contributed by atoms with E-state index >= 15 is 0 Å². The monoisotopic (exact) mass is 369 g/mol. The zero-order valence-electron chi connectivity index (χ0n) is 11.1. The lowest BCUT2D eigenvalue weighted by Crippen LogP contribution is -2.21. The zero-order valence-corrected chi connectivity index (χ0v) is 13.5. The van der Waals surface area contributed by atoms with Gasteiger partial charge in [0.1, 0.15) is 5.75 Å². The number of rotatable bonds is 5. The van der Waals surface area contributed by atoms with Crippen molar-refractivity contribution >= 4 is 39.2 Å². The van der Waals surface area contributed by atoms with Gasteiger partial charge in [0.2, 0.25) is 0 Å². The molecule has 2 aromatic carbocycles. The van der Waals surface area contributed by atoms with Gasteiger partial charge in [-0.05, 0) is 36.4 Å². The SMILES string of the molecule is COc1cccc(Cl)c1C(Nc1ccc(Br)cc1)C(=O)O. The Morgan fingerprint density at radius 2 is 1.95 bits per heavy atom. The summed E-state index contributed by atoms with van der Waals surface area (Å²) in [5, 5.41) is 12.8. The standard InChI is InChI=1S/C15H13BrClNO3/c1-21-12-4-2-3-11(17)13(12)14(15(19)20)18-10-7-5-9(16)6-8-10/h2-8,14,18H,1H3,(H,19,20). The Hall–Kier alpha value is -1.72. The fourth-order valence-electron chi connectivity index (χ4n) is 1.95. The van der Waals surface area contributed by atoms with Crippen molar-refractivity contribution in [1.82, 2.24) is 0 Å². The number of nitrogens with one attached hydrogen (secondary N) is 1. The van der Waals surface area contributed by atoms with Crippen LogP contribution in [0.15, 0.2) is 46.9 Å². The van der Waals surface area contributed by atoms with Crippen molar-refractivity contribution in [1.29, 1.82) is 0 Å². The second-order valence-electron chi connectivity index (χ2n) is 4.28. The van der Waals surface area contributed by atoms with E-state index in [0.29, 0.717) is 22.0 Å². The van der Waals surface area contributed by atoms with Crippen LogP contribution in [0.2, 0.25) is 5.02 Å². The summed E-state index contributed by atoms with van der Waals surface area (Å²) in [4.78, 5) is 11.6. The van der Waals surface area contributed by atoms with Crippen LogP contribution in [0.1, 0.15) is 11.6 Å². The van der Waals surface area contributed by atoms with Crippen LogP contribution in [-0.2, 0) is 4.79 Å². The lowest BCUT2D eigenvalue weighted by Gasteiger charge is -2.20. The number of carboxylic acid groups (broad SMARTS) is 1. The highest BCUT2D eigenvalue weighted by atomic mass is 79.9. The number of carboxylic acids is 1. The summed E-state index contributed by atoms with van der Waals surface area (Å²) in [5.74, 6) is -0.608. The summed E-state index contributed by atoms with van der Waals surface area (Å²) in [6, 6.07) is 11.2. The summed E-state index contributed by atoms with van der Waals surface area (Å²) < 4.78 is 6.13. The van der Waals surface area contributed by atoms with Crippen molar-refractivity contribution in [2.24, 2.45) is 0 Å². The number of ether oxygens (including phenoxy) is 1. The Labute approximate surface area is 135 Å². The smallest absolute Gasteiger partial charge is 0.331 e. The largest absolute Gasteiger partial charge is 0.496 e. The maximum absolute atomic E-state index is 11.6. The molecular formula is C15H13BrClNO3. The zero-order chi connectivity index (χ0) is 15.4. The second kappa shape index (κ2) is 6.83. The van der Waals surface area contributed by atoms with Crippen molar-refractivity contribution < 1.29 is 14.6 Å². The molecule has 6 heteroatoms. The average molecular weight is 371 g/mol. The number of methoxy groups -OCH3 is 1. The third-order valence-electron chi connectivity index (χ3n) is 2.92.